The third-order valence-electron chi connectivity index (χ3n) is 5.21. The van der Waals surface area contributed by atoms with Crippen molar-refractivity contribution in [1.29, 1.82) is 0 Å². The minimum absolute atomic E-state index is 0.244. The lowest BCUT2D eigenvalue weighted by Gasteiger charge is -2.15. The molecule has 1 atom stereocenters. The molecule has 0 radical (unpaired) electrons. The highest BCUT2D eigenvalue weighted by atomic mass is 32.2. The number of thioether (sulfide) groups is 1. The van der Waals surface area contributed by atoms with Crippen molar-refractivity contribution < 1.29 is 19.4 Å². The molecule has 5 nitrogen and oxygen atoms in total. The smallest absolute Gasteiger partial charge is 0.371 e. The van der Waals surface area contributed by atoms with Gasteiger partial charge in [0.25, 0.3) is 0 Å². The van der Waals surface area contributed by atoms with E-state index in [4.69, 9.17) is 9.52 Å². The second-order valence-electron chi connectivity index (χ2n) is 7.86. The molecule has 0 aliphatic rings. The van der Waals surface area contributed by atoms with Gasteiger partial charge in [-0.3, -0.25) is 4.79 Å². The Labute approximate surface area is 188 Å². The van der Waals surface area contributed by atoms with Crippen molar-refractivity contribution >= 4 is 28.7 Å². The molecule has 2 N–H and O–H groups in total. The number of rotatable bonds is 14. The lowest BCUT2D eigenvalue weighted by atomic mass is 10.1. The van der Waals surface area contributed by atoms with Crippen molar-refractivity contribution in [1.82, 2.24) is 0 Å². The normalized spacial score (nSPS) is 12.9. The van der Waals surface area contributed by atoms with Gasteiger partial charge in [-0.05, 0) is 37.5 Å². The maximum Gasteiger partial charge on any atom is 0.371 e. The summed E-state index contributed by atoms with van der Waals surface area (Å²) in [6.45, 7) is 4.31. The fourth-order valence-corrected chi connectivity index (χ4v) is 4.42. The van der Waals surface area contributed by atoms with Crippen LogP contribution >= 0.6 is 11.8 Å². The zero-order valence-electron chi connectivity index (χ0n) is 18.6. The summed E-state index contributed by atoms with van der Waals surface area (Å²) in [5, 5.41) is 20.2. The van der Waals surface area contributed by atoms with Gasteiger partial charge in [-0.1, -0.05) is 76.6 Å². The fraction of sp³-hybridized carbons (Fsp3) is 0.520. The summed E-state index contributed by atoms with van der Waals surface area (Å²) < 4.78 is 5.40. The molecule has 0 unspecified atom stereocenters. The van der Waals surface area contributed by atoms with E-state index in [1.165, 1.54) is 43.9 Å². The number of aliphatic hydroxyl groups excluding tert-OH is 1. The third-order valence-corrected chi connectivity index (χ3v) is 6.37. The van der Waals surface area contributed by atoms with Crippen LogP contribution in [0.1, 0.15) is 88.6 Å². The standard InChI is InChI=1S/C25H34O5S/c1-3-5-7-8-9-10-11-13-24(20(26)12-6-4-2)31-18-14-15-19-21(27)17-23(25(28)29)30-22(19)16-18/h13-17,20,26H,3-12H2,1-2H3,(H,28,29)/t20-/m1/s1. The summed E-state index contributed by atoms with van der Waals surface area (Å²) in [7, 11) is 0. The molecule has 0 saturated carbocycles. The SMILES string of the molecule is CCCCCCCCC=C(Sc1ccc2c(=O)cc(C(=O)O)oc2c1)[C@H](O)CCCC. The number of carbonyl (C=O) groups is 1. The maximum atomic E-state index is 12.2. The Morgan fingerprint density at radius 2 is 1.77 bits per heavy atom. The summed E-state index contributed by atoms with van der Waals surface area (Å²) in [5.74, 6) is -1.65. The first-order valence-electron chi connectivity index (χ1n) is 11.3. The van der Waals surface area contributed by atoms with E-state index < -0.39 is 12.1 Å². The van der Waals surface area contributed by atoms with Gasteiger partial charge in [-0.25, -0.2) is 4.79 Å². The molecular weight excluding hydrogens is 412 g/mol. The number of hydrogen-bond donors (Lipinski definition) is 2. The van der Waals surface area contributed by atoms with Crippen LogP contribution in [-0.4, -0.2) is 22.3 Å². The van der Waals surface area contributed by atoms with E-state index in [1.807, 2.05) is 6.07 Å². The van der Waals surface area contributed by atoms with E-state index in [9.17, 15) is 14.7 Å². The van der Waals surface area contributed by atoms with Crippen LogP contribution in [0.5, 0.6) is 0 Å². The van der Waals surface area contributed by atoms with Gasteiger partial charge in [0, 0.05) is 15.9 Å². The molecule has 0 spiro atoms. The fourth-order valence-electron chi connectivity index (χ4n) is 3.39. The average molecular weight is 447 g/mol. The van der Waals surface area contributed by atoms with Crippen LogP contribution < -0.4 is 5.43 Å². The quantitative estimate of drug-likeness (QED) is 0.246. The minimum Gasteiger partial charge on any atom is -0.475 e. The van der Waals surface area contributed by atoms with Crippen LogP contribution in [-0.2, 0) is 0 Å². The first-order chi connectivity index (χ1) is 15.0. The van der Waals surface area contributed by atoms with Gasteiger partial charge in [-0.15, -0.1) is 0 Å². The predicted molar refractivity (Wildman–Crippen MR) is 127 cm³/mol. The molecule has 0 bridgehead atoms. The lowest BCUT2D eigenvalue weighted by Crippen LogP contribution is -2.08. The van der Waals surface area contributed by atoms with Gasteiger partial charge in [0.2, 0.25) is 5.76 Å². The minimum atomic E-state index is -1.27. The van der Waals surface area contributed by atoms with Crippen molar-refractivity contribution in [2.45, 2.75) is 89.1 Å². The Balaban J connectivity index is 2.16. The molecule has 0 fully saturated rings. The van der Waals surface area contributed by atoms with Crippen molar-refractivity contribution in [2.75, 3.05) is 0 Å². The first-order valence-corrected chi connectivity index (χ1v) is 12.1. The van der Waals surface area contributed by atoms with Gasteiger partial charge in [-0.2, -0.15) is 0 Å². The number of carboxylic acids is 1. The van der Waals surface area contributed by atoms with E-state index in [2.05, 4.69) is 19.9 Å². The molecule has 0 aliphatic heterocycles. The Morgan fingerprint density at radius 1 is 1.06 bits per heavy atom. The molecule has 2 rings (SSSR count). The zero-order chi connectivity index (χ0) is 22.6. The third kappa shape index (κ3) is 8.19. The van der Waals surface area contributed by atoms with E-state index in [0.717, 1.165) is 41.6 Å². The molecule has 1 aromatic heterocycles. The van der Waals surface area contributed by atoms with Gasteiger partial charge in [0.1, 0.15) is 5.58 Å². The highest BCUT2D eigenvalue weighted by Crippen LogP contribution is 2.33. The van der Waals surface area contributed by atoms with Crippen LogP contribution in [0.4, 0.5) is 0 Å². The summed E-state index contributed by atoms with van der Waals surface area (Å²) in [5.41, 5.74) is -0.134. The van der Waals surface area contributed by atoms with Gasteiger partial charge < -0.3 is 14.6 Å². The molecule has 0 amide bonds. The second kappa shape index (κ2) is 13.4. The van der Waals surface area contributed by atoms with Crippen molar-refractivity contribution in [3.8, 4) is 0 Å². The molecule has 2 aromatic rings. The average Bonchev–Trinajstić information content (AvgIpc) is 2.75. The summed E-state index contributed by atoms with van der Waals surface area (Å²) >= 11 is 1.46. The van der Waals surface area contributed by atoms with Crippen molar-refractivity contribution in [3.05, 3.63) is 51.2 Å². The van der Waals surface area contributed by atoms with E-state index in [-0.39, 0.29) is 16.8 Å². The molecule has 0 saturated heterocycles. The summed E-state index contributed by atoms with van der Waals surface area (Å²) in [4.78, 5) is 25.1. The maximum absolute atomic E-state index is 12.2. The summed E-state index contributed by atoms with van der Waals surface area (Å²) in [6, 6.07) is 6.14. The van der Waals surface area contributed by atoms with E-state index in [0.29, 0.717) is 11.8 Å². The number of carboxylic acid groups (broad SMARTS) is 1. The zero-order valence-corrected chi connectivity index (χ0v) is 19.4. The largest absolute Gasteiger partial charge is 0.475 e. The van der Waals surface area contributed by atoms with Crippen LogP contribution in [0.2, 0.25) is 0 Å². The lowest BCUT2D eigenvalue weighted by molar-refractivity contribution is 0.0663. The Hall–Kier alpha value is -2.05. The molecular formula is C25H34O5S. The number of fused-ring (bicyclic) bond motifs is 1. The number of aromatic carboxylic acids is 1. The summed E-state index contributed by atoms with van der Waals surface area (Å²) in [6.07, 6.45) is 12.5. The molecule has 6 heteroatoms. The van der Waals surface area contributed by atoms with Gasteiger partial charge in [0.05, 0.1) is 11.5 Å². The highest BCUT2D eigenvalue weighted by Gasteiger charge is 2.15. The Morgan fingerprint density at radius 3 is 2.48 bits per heavy atom. The number of hydrogen-bond acceptors (Lipinski definition) is 5. The molecule has 1 aromatic carbocycles. The molecule has 31 heavy (non-hydrogen) atoms. The van der Waals surface area contributed by atoms with Crippen LogP contribution in [0.25, 0.3) is 11.0 Å². The Kier molecular flexibility index (Phi) is 10.9. The molecule has 170 valence electrons. The number of allylic oxidation sites excluding steroid dienone is 1. The van der Waals surface area contributed by atoms with Crippen LogP contribution in [0.15, 0.2) is 49.4 Å². The van der Waals surface area contributed by atoms with Crippen molar-refractivity contribution in [3.63, 3.8) is 0 Å². The monoisotopic (exact) mass is 446 g/mol. The van der Waals surface area contributed by atoms with Gasteiger partial charge >= 0.3 is 5.97 Å². The number of benzene rings is 1. The molecule has 1 heterocycles. The predicted octanol–water partition coefficient (Wildman–Crippen LogP) is 6.77. The van der Waals surface area contributed by atoms with Crippen LogP contribution in [0, 0.1) is 0 Å². The number of aliphatic hydroxyl groups is 1. The van der Waals surface area contributed by atoms with E-state index in [1.54, 1.807) is 12.1 Å². The number of unbranched alkanes of at least 4 members (excludes halogenated alkanes) is 7. The first kappa shape index (κ1) is 25.2. The van der Waals surface area contributed by atoms with Crippen molar-refractivity contribution in [2.24, 2.45) is 0 Å². The topological polar surface area (TPSA) is 87.7 Å². The molecule has 0 aliphatic carbocycles. The highest BCUT2D eigenvalue weighted by molar-refractivity contribution is 8.03. The Bertz CT molecular complexity index is 931. The van der Waals surface area contributed by atoms with E-state index >= 15 is 0 Å². The van der Waals surface area contributed by atoms with Gasteiger partial charge in [0.15, 0.2) is 5.43 Å². The second-order valence-corrected chi connectivity index (χ2v) is 9.01. The van der Waals surface area contributed by atoms with Crippen LogP contribution in [0.3, 0.4) is 0 Å².